The zero-order valence-electron chi connectivity index (χ0n) is 16.1. The minimum atomic E-state index is -3.68. The van der Waals surface area contributed by atoms with Crippen molar-refractivity contribution in [1.82, 2.24) is 19.3 Å². The predicted molar refractivity (Wildman–Crippen MR) is 118 cm³/mol. The largest absolute Gasteiger partial charge is 0.486 e. The van der Waals surface area contributed by atoms with Gasteiger partial charge in [0.25, 0.3) is 0 Å². The summed E-state index contributed by atoms with van der Waals surface area (Å²) in [5.74, 6) is 1.58. The molecule has 0 amide bonds. The fourth-order valence-electron chi connectivity index (χ4n) is 3.21. The third kappa shape index (κ3) is 4.11. The van der Waals surface area contributed by atoms with Gasteiger partial charge in [0.05, 0.1) is 10.6 Å². The number of nitrogens with zero attached hydrogens (tertiary/aromatic N) is 3. The fourth-order valence-corrected chi connectivity index (χ4v) is 5.23. The van der Waals surface area contributed by atoms with Crippen LogP contribution in [0.3, 0.4) is 0 Å². The topological polar surface area (TPSA) is 94.8 Å². The van der Waals surface area contributed by atoms with E-state index in [0.717, 1.165) is 16.2 Å². The van der Waals surface area contributed by atoms with Crippen LogP contribution in [0.2, 0.25) is 5.02 Å². The maximum Gasteiger partial charge on any atom is 0.240 e. The van der Waals surface area contributed by atoms with Crippen LogP contribution in [0, 0.1) is 0 Å². The molecule has 0 saturated carbocycles. The highest BCUT2D eigenvalue weighted by Crippen LogP contribution is 2.32. The molecule has 0 spiro atoms. The fraction of sp³-hybridized carbons (Fsp3) is 0.200. The summed E-state index contributed by atoms with van der Waals surface area (Å²) >= 11 is 7.40. The molecule has 0 saturated heterocycles. The summed E-state index contributed by atoms with van der Waals surface area (Å²) in [5, 5.41) is 7.14. The number of nitrogens with one attached hydrogen (secondary N) is 1. The molecule has 8 nitrogen and oxygen atoms in total. The number of hydrogen-bond donors (Lipinski definition) is 1. The van der Waals surface area contributed by atoms with E-state index in [1.165, 1.54) is 23.5 Å². The SMILES string of the molecule is O=S(=O)(NCCc1csc2nc(-c3ccc(Cl)cc3)nn12)c1ccc2c(c1)OCCO2. The summed E-state index contributed by atoms with van der Waals surface area (Å²) < 4.78 is 40.6. The van der Waals surface area contributed by atoms with E-state index in [4.69, 9.17) is 21.1 Å². The molecule has 2 aromatic carbocycles. The van der Waals surface area contributed by atoms with Gasteiger partial charge in [-0.3, -0.25) is 0 Å². The van der Waals surface area contributed by atoms with Gasteiger partial charge < -0.3 is 9.47 Å². The van der Waals surface area contributed by atoms with E-state index >= 15 is 0 Å². The van der Waals surface area contributed by atoms with Crippen molar-refractivity contribution >= 4 is 37.9 Å². The number of sulfonamides is 1. The molecule has 1 aliphatic heterocycles. The molecule has 0 radical (unpaired) electrons. The minimum absolute atomic E-state index is 0.137. The second-order valence-electron chi connectivity index (χ2n) is 6.82. The molecule has 1 N–H and O–H groups in total. The standard InChI is InChI=1S/C20H17ClN4O4S2/c21-14-3-1-13(2-4-14)19-23-20-25(24-19)15(12-30-20)7-8-22-31(26,27)16-5-6-17-18(11-16)29-10-9-28-17/h1-6,11-12,22H,7-10H2. The molecule has 0 fully saturated rings. The molecule has 160 valence electrons. The Morgan fingerprint density at radius 3 is 2.68 bits per heavy atom. The van der Waals surface area contributed by atoms with Crippen LogP contribution in [0.25, 0.3) is 16.3 Å². The summed E-state index contributed by atoms with van der Waals surface area (Å²) in [6, 6.07) is 11.9. The number of thiazole rings is 1. The molecule has 2 aromatic heterocycles. The zero-order valence-corrected chi connectivity index (χ0v) is 18.5. The normalized spacial score (nSPS) is 13.6. The Kier molecular flexibility index (Phi) is 5.30. The Hall–Kier alpha value is -2.66. The Morgan fingerprint density at radius 1 is 1.10 bits per heavy atom. The van der Waals surface area contributed by atoms with Crippen molar-refractivity contribution in [1.29, 1.82) is 0 Å². The predicted octanol–water partition coefficient (Wildman–Crippen LogP) is 3.40. The Bertz CT molecular complexity index is 1350. The van der Waals surface area contributed by atoms with Crippen LogP contribution < -0.4 is 14.2 Å². The van der Waals surface area contributed by atoms with Gasteiger partial charge in [-0.05, 0) is 36.4 Å². The van der Waals surface area contributed by atoms with E-state index in [-0.39, 0.29) is 11.4 Å². The highest BCUT2D eigenvalue weighted by atomic mass is 35.5. The lowest BCUT2D eigenvalue weighted by molar-refractivity contribution is 0.171. The van der Waals surface area contributed by atoms with Gasteiger partial charge in [-0.2, -0.15) is 4.98 Å². The monoisotopic (exact) mass is 476 g/mol. The van der Waals surface area contributed by atoms with Gasteiger partial charge in [0, 0.05) is 35.0 Å². The third-order valence-electron chi connectivity index (χ3n) is 4.75. The summed E-state index contributed by atoms with van der Waals surface area (Å²) in [6.45, 7) is 1.07. The van der Waals surface area contributed by atoms with Gasteiger partial charge in [-0.1, -0.05) is 11.6 Å². The number of fused-ring (bicyclic) bond motifs is 2. The van der Waals surface area contributed by atoms with Gasteiger partial charge >= 0.3 is 0 Å². The van der Waals surface area contributed by atoms with Gasteiger partial charge in [-0.25, -0.2) is 17.7 Å². The molecular formula is C20H17ClN4O4S2. The van der Waals surface area contributed by atoms with Crippen LogP contribution in [0.4, 0.5) is 0 Å². The molecule has 1 aliphatic rings. The van der Waals surface area contributed by atoms with Gasteiger partial charge in [0.1, 0.15) is 13.2 Å². The zero-order chi connectivity index (χ0) is 21.4. The van der Waals surface area contributed by atoms with Crippen LogP contribution in [-0.4, -0.2) is 42.8 Å². The lowest BCUT2D eigenvalue weighted by Crippen LogP contribution is -2.26. The molecule has 11 heteroatoms. The van der Waals surface area contributed by atoms with Crippen molar-refractivity contribution in [3.8, 4) is 22.9 Å². The molecule has 0 aliphatic carbocycles. The first kappa shape index (κ1) is 20.3. The van der Waals surface area contributed by atoms with E-state index in [1.54, 1.807) is 22.7 Å². The number of ether oxygens (including phenoxy) is 2. The van der Waals surface area contributed by atoms with Crippen LogP contribution >= 0.6 is 22.9 Å². The molecule has 4 aromatic rings. The highest BCUT2D eigenvalue weighted by molar-refractivity contribution is 7.89. The van der Waals surface area contributed by atoms with Crippen molar-refractivity contribution in [3.05, 3.63) is 58.6 Å². The number of benzene rings is 2. The van der Waals surface area contributed by atoms with Crippen molar-refractivity contribution in [3.63, 3.8) is 0 Å². The number of aromatic nitrogens is 3. The lowest BCUT2D eigenvalue weighted by Gasteiger charge is -2.18. The van der Waals surface area contributed by atoms with Crippen LogP contribution in [0.5, 0.6) is 11.5 Å². The van der Waals surface area contributed by atoms with E-state index in [1.807, 2.05) is 17.5 Å². The quantitative estimate of drug-likeness (QED) is 0.458. The Labute approximate surface area is 187 Å². The number of hydrogen-bond acceptors (Lipinski definition) is 7. The van der Waals surface area contributed by atoms with E-state index in [9.17, 15) is 8.42 Å². The van der Waals surface area contributed by atoms with Gasteiger partial charge in [0.15, 0.2) is 17.3 Å². The van der Waals surface area contributed by atoms with Gasteiger partial charge in [0.2, 0.25) is 15.0 Å². The smallest absolute Gasteiger partial charge is 0.240 e. The van der Waals surface area contributed by atoms with Crippen LogP contribution in [0.1, 0.15) is 5.69 Å². The highest BCUT2D eigenvalue weighted by Gasteiger charge is 2.19. The van der Waals surface area contributed by atoms with Crippen molar-refractivity contribution in [2.75, 3.05) is 19.8 Å². The maximum atomic E-state index is 12.7. The Morgan fingerprint density at radius 2 is 1.87 bits per heavy atom. The summed E-state index contributed by atoms with van der Waals surface area (Å²) in [7, 11) is -3.68. The molecule has 0 atom stereocenters. The Balaban J connectivity index is 1.29. The number of rotatable bonds is 6. The summed E-state index contributed by atoms with van der Waals surface area (Å²) in [4.78, 5) is 5.42. The average Bonchev–Trinajstić information content (AvgIpc) is 3.35. The summed E-state index contributed by atoms with van der Waals surface area (Å²) in [5.41, 5.74) is 1.74. The van der Waals surface area contributed by atoms with E-state index in [2.05, 4.69) is 14.8 Å². The van der Waals surface area contributed by atoms with E-state index in [0.29, 0.717) is 42.0 Å². The maximum absolute atomic E-state index is 12.7. The van der Waals surface area contributed by atoms with Crippen molar-refractivity contribution in [2.24, 2.45) is 0 Å². The molecule has 0 bridgehead atoms. The van der Waals surface area contributed by atoms with Crippen molar-refractivity contribution < 1.29 is 17.9 Å². The minimum Gasteiger partial charge on any atom is -0.486 e. The first-order chi connectivity index (χ1) is 15.0. The van der Waals surface area contributed by atoms with Crippen molar-refractivity contribution in [2.45, 2.75) is 11.3 Å². The first-order valence-electron chi connectivity index (χ1n) is 9.48. The lowest BCUT2D eigenvalue weighted by atomic mass is 10.2. The molecule has 5 rings (SSSR count). The third-order valence-corrected chi connectivity index (χ3v) is 7.33. The molecule has 31 heavy (non-hydrogen) atoms. The van der Waals surface area contributed by atoms with Crippen LogP contribution in [0.15, 0.2) is 52.7 Å². The van der Waals surface area contributed by atoms with Gasteiger partial charge in [-0.15, -0.1) is 16.4 Å². The number of halogens is 1. The summed E-state index contributed by atoms with van der Waals surface area (Å²) in [6.07, 6.45) is 0.465. The van der Waals surface area contributed by atoms with Crippen LogP contribution in [-0.2, 0) is 16.4 Å². The molecule has 3 heterocycles. The first-order valence-corrected chi connectivity index (χ1v) is 12.2. The van der Waals surface area contributed by atoms with E-state index < -0.39 is 10.0 Å². The molecule has 0 unspecified atom stereocenters. The second-order valence-corrected chi connectivity index (χ2v) is 9.86. The molecular weight excluding hydrogens is 460 g/mol. The average molecular weight is 477 g/mol. The second kappa shape index (κ2) is 8.12.